The van der Waals surface area contributed by atoms with Crippen LogP contribution in [-0.4, -0.2) is 36.0 Å². The quantitative estimate of drug-likeness (QED) is 0.256. The van der Waals surface area contributed by atoms with Gasteiger partial charge in [0.25, 0.3) is 0 Å². The second-order valence-electron chi connectivity index (χ2n) is 4.13. The third-order valence-corrected chi connectivity index (χ3v) is 3.75. The fourth-order valence-electron chi connectivity index (χ4n) is 1.57. The molecule has 0 radical (unpaired) electrons. The summed E-state index contributed by atoms with van der Waals surface area (Å²) in [5, 5.41) is 11.3. The molecule has 7 nitrogen and oxygen atoms in total. The van der Waals surface area contributed by atoms with E-state index < -0.39 is 21.6 Å². The average Bonchev–Trinajstić information content (AvgIpc) is 2.59. The Hall–Kier alpha value is -1.33. The number of aryl methyl sites for hydroxylation is 1. The molecule has 0 saturated heterocycles. The van der Waals surface area contributed by atoms with Crippen LogP contribution < -0.4 is 21.7 Å². The summed E-state index contributed by atoms with van der Waals surface area (Å²) in [4.78, 5) is 0. The summed E-state index contributed by atoms with van der Waals surface area (Å²) in [5.41, 5.74) is -5.35. The minimum atomic E-state index is -5.39. The van der Waals surface area contributed by atoms with Gasteiger partial charge in [0.05, 0.1) is 13.1 Å². The smallest absolute Gasteiger partial charge is 0.511 e. The first-order chi connectivity index (χ1) is 9.08. The number of oxime groups is 1. The number of rotatable bonds is 5. The summed E-state index contributed by atoms with van der Waals surface area (Å²) in [6.07, 6.45) is 4.20. The molecule has 122 valence electrons. The van der Waals surface area contributed by atoms with Crippen molar-refractivity contribution >= 4 is 16.2 Å². The Kier molecular flexibility index (Phi) is 6.64. The summed E-state index contributed by atoms with van der Waals surface area (Å²) in [6, 6.07) is -1.00. The highest BCUT2D eigenvalue weighted by molar-refractivity contribution is 7.90. The van der Waals surface area contributed by atoms with Crippen LogP contribution in [-0.2, 0) is 23.6 Å². The Balaban J connectivity index is 0.00000400. The zero-order valence-electron chi connectivity index (χ0n) is 11.0. The van der Waals surface area contributed by atoms with Crippen LogP contribution in [0.5, 0.6) is 0 Å². The van der Waals surface area contributed by atoms with Gasteiger partial charge in [-0.3, -0.25) is 0 Å². The zero-order valence-corrected chi connectivity index (χ0v) is 12.6. The predicted octanol–water partition coefficient (Wildman–Crippen LogP) is -3.05. The number of imidazole rings is 1. The van der Waals surface area contributed by atoms with E-state index in [1.54, 1.807) is 17.8 Å². The number of aromatic nitrogens is 2. The maximum absolute atomic E-state index is 12.2. The lowest BCUT2D eigenvalue weighted by molar-refractivity contribution is -0.671. The molecule has 0 spiro atoms. The average molecular weight is 351 g/mol. The molecule has 0 aliphatic heterocycles. The van der Waals surface area contributed by atoms with E-state index in [9.17, 15) is 21.6 Å². The standard InChI is InChI=1S/C9H13F3N4O3S.ClH/c1-7(14-20(18,19)9(10,11)12)6-16-4-3-15(2)8(16)5-13-17;/h3-5,7,14H,6H2,1-2H3;1H. The molecular formula is C9H14ClF3N4O3S. The number of sulfonamides is 1. The van der Waals surface area contributed by atoms with Gasteiger partial charge in [-0.2, -0.15) is 13.2 Å². The summed E-state index contributed by atoms with van der Waals surface area (Å²) in [7, 11) is -3.75. The summed E-state index contributed by atoms with van der Waals surface area (Å²) in [6.45, 7) is 1.24. The van der Waals surface area contributed by atoms with Crippen molar-refractivity contribution in [3.63, 3.8) is 0 Å². The molecule has 0 aliphatic rings. The molecule has 0 aromatic carbocycles. The molecule has 1 aromatic heterocycles. The number of nitrogens with zero attached hydrogens (tertiary/aromatic N) is 3. The number of nitrogens with one attached hydrogen (secondary N) is 1. The summed E-state index contributed by atoms with van der Waals surface area (Å²) < 4.78 is 63.1. The number of halogens is 4. The Labute approximate surface area is 125 Å². The number of hydrogen-bond donors (Lipinski definition) is 2. The molecule has 1 heterocycles. The van der Waals surface area contributed by atoms with Gasteiger partial charge < -0.3 is 17.6 Å². The number of alkyl halides is 3. The van der Waals surface area contributed by atoms with Crippen molar-refractivity contribution in [3.05, 3.63) is 18.2 Å². The Morgan fingerprint density at radius 1 is 1.57 bits per heavy atom. The largest absolute Gasteiger partial charge is 1.00 e. The van der Waals surface area contributed by atoms with Crippen LogP contribution in [0.25, 0.3) is 0 Å². The molecule has 1 unspecified atom stereocenters. The van der Waals surface area contributed by atoms with E-state index in [0.29, 0.717) is 5.82 Å². The van der Waals surface area contributed by atoms with Crippen molar-refractivity contribution in [2.24, 2.45) is 12.2 Å². The van der Waals surface area contributed by atoms with Gasteiger partial charge >= 0.3 is 21.4 Å². The first kappa shape index (κ1) is 19.7. The lowest BCUT2D eigenvalue weighted by Gasteiger charge is -2.14. The second kappa shape index (κ2) is 7.09. The van der Waals surface area contributed by atoms with Crippen LogP contribution >= 0.6 is 0 Å². The van der Waals surface area contributed by atoms with Crippen molar-refractivity contribution in [1.82, 2.24) is 9.29 Å². The second-order valence-corrected chi connectivity index (χ2v) is 5.84. The van der Waals surface area contributed by atoms with Crippen LogP contribution in [0.1, 0.15) is 12.7 Å². The highest BCUT2D eigenvalue weighted by Gasteiger charge is 2.46. The Morgan fingerprint density at radius 3 is 2.62 bits per heavy atom. The Morgan fingerprint density at radius 2 is 2.14 bits per heavy atom. The predicted molar refractivity (Wildman–Crippen MR) is 62.6 cm³/mol. The van der Waals surface area contributed by atoms with Crippen molar-refractivity contribution in [2.45, 2.75) is 25.0 Å². The first-order valence-electron chi connectivity index (χ1n) is 5.39. The molecule has 12 heteroatoms. The van der Waals surface area contributed by atoms with E-state index in [1.165, 1.54) is 22.4 Å². The van der Waals surface area contributed by atoms with Gasteiger partial charge in [0.15, 0.2) is 6.21 Å². The molecule has 0 amide bonds. The van der Waals surface area contributed by atoms with E-state index in [2.05, 4.69) is 5.16 Å². The molecule has 21 heavy (non-hydrogen) atoms. The third kappa shape index (κ3) is 4.86. The third-order valence-electron chi connectivity index (χ3n) is 2.43. The molecular weight excluding hydrogens is 337 g/mol. The fraction of sp³-hybridized carbons (Fsp3) is 0.556. The molecule has 1 rings (SSSR count). The van der Waals surface area contributed by atoms with Crippen molar-refractivity contribution in [1.29, 1.82) is 0 Å². The normalized spacial score (nSPS) is 14.1. The van der Waals surface area contributed by atoms with E-state index in [1.807, 2.05) is 0 Å². The molecule has 0 fully saturated rings. The van der Waals surface area contributed by atoms with Crippen LogP contribution in [0.15, 0.2) is 17.5 Å². The lowest BCUT2D eigenvalue weighted by atomic mass is 10.3. The highest BCUT2D eigenvalue weighted by atomic mass is 35.5. The highest BCUT2D eigenvalue weighted by Crippen LogP contribution is 2.22. The topological polar surface area (TPSA) is 87.6 Å². The van der Waals surface area contributed by atoms with Gasteiger partial charge in [0.2, 0.25) is 0 Å². The van der Waals surface area contributed by atoms with Crippen molar-refractivity contribution in [3.8, 4) is 0 Å². The minimum absolute atomic E-state index is 0. The lowest BCUT2D eigenvalue weighted by Crippen LogP contribution is -3.00. The van der Waals surface area contributed by atoms with Crippen LogP contribution in [0, 0.1) is 0 Å². The van der Waals surface area contributed by atoms with Gasteiger partial charge in [-0.05, 0) is 6.92 Å². The zero-order chi connectivity index (χ0) is 15.6. The summed E-state index contributed by atoms with van der Waals surface area (Å²) in [5.74, 6) is 0.394. The van der Waals surface area contributed by atoms with Gasteiger partial charge in [-0.15, -0.1) is 0 Å². The SMILES string of the molecule is CC(Cn1cc[n+](C)c1/C=N/O)NS(=O)(=O)C(F)(F)F.[Cl-]. The van der Waals surface area contributed by atoms with Crippen LogP contribution in [0.2, 0.25) is 0 Å². The molecule has 0 saturated carbocycles. The Bertz CT molecular complexity index is 600. The minimum Gasteiger partial charge on any atom is -1.00 e. The van der Waals surface area contributed by atoms with E-state index in [4.69, 9.17) is 5.21 Å². The maximum atomic E-state index is 12.2. The van der Waals surface area contributed by atoms with Crippen LogP contribution in [0.3, 0.4) is 0 Å². The first-order valence-corrected chi connectivity index (χ1v) is 6.87. The molecule has 0 bridgehead atoms. The van der Waals surface area contributed by atoms with Gasteiger partial charge in [-0.25, -0.2) is 22.3 Å². The van der Waals surface area contributed by atoms with Gasteiger partial charge in [-0.1, -0.05) is 5.16 Å². The number of hydrogen-bond acceptors (Lipinski definition) is 4. The summed E-state index contributed by atoms with van der Waals surface area (Å²) >= 11 is 0. The van der Waals surface area contributed by atoms with E-state index in [0.717, 1.165) is 6.21 Å². The van der Waals surface area contributed by atoms with E-state index >= 15 is 0 Å². The van der Waals surface area contributed by atoms with Crippen molar-refractivity contribution in [2.75, 3.05) is 0 Å². The maximum Gasteiger partial charge on any atom is 0.511 e. The molecule has 2 N–H and O–H groups in total. The van der Waals surface area contributed by atoms with Crippen molar-refractivity contribution < 1.29 is 43.8 Å². The molecule has 1 aromatic rings. The molecule has 1 atom stereocenters. The molecule has 0 aliphatic carbocycles. The monoisotopic (exact) mass is 350 g/mol. The fourth-order valence-corrected chi connectivity index (χ4v) is 2.31. The van der Waals surface area contributed by atoms with Gasteiger partial charge in [0.1, 0.15) is 18.9 Å². The van der Waals surface area contributed by atoms with E-state index in [-0.39, 0.29) is 19.0 Å². The van der Waals surface area contributed by atoms with Gasteiger partial charge in [0, 0.05) is 0 Å². The van der Waals surface area contributed by atoms with Crippen LogP contribution in [0.4, 0.5) is 13.2 Å².